The van der Waals surface area contributed by atoms with Gasteiger partial charge in [-0.05, 0) is 43.7 Å². The van der Waals surface area contributed by atoms with E-state index in [1.807, 2.05) is 6.92 Å². The van der Waals surface area contributed by atoms with Crippen LogP contribution in [0.25, 0.3) is 11.7 Å². The second-order valence-electron chi connectivity index (χ2n) is 5.39. The Hall–Kier alpha value is -2.61. The predicted molar refractivity (Wildman–Crippen MR) is 90.3 cm³/mol. The summed E-state index contributed by atoms with van der Waals surface area (Å²) in [4.78, 5) is 12.3. The Morgan fingerprint density at radius 1 is 1.20 bits per heavy atom. The van der Waals surface area contributed by atoms with E-state index in [1.54, 1.807) is 31.2 Å². The zero-order valence-electron chi connectivity index (χ0n) is 13.6. The Morgan fingerprint density at radius 2 is 1.96 bits per heavy atom. The summed E-state index contributed by atoms with van der Waals surface area (Å²) < 4.78 is 23.6. The normalized spacial score (nSPS) is 13.4. The summed E-state index contributed by atoms with van der Waals surface area (Å²) in [5.41, 5.74) is 0.824. The lowest BCUT2D eigenvalue weighted by atomic mass is 10.1. The predicted octanol–water partition coefficient (Wildman–Crippen LogP) is 3.83. The maximum Gasteiger partial charge on any atom is 0.284 e. The largest absolute Gasteiger partial charge is 0.459 e. The van der Waals surface area contributed by atoms with E-state index >= 15 is 0 Å². The van der Waals surface area contributed by atoms with Gasteiger partial charge in [0.25, 0.3) is 11.1 Å². The first-order valence-electron chi connectivity index (χ1n) is 7.63. The van der Waals surface area contributed by atoms with Gasteiger partial charge in [0.15, 0.2) is 5.76 Å². The first-order valence-corrected chi connectivity index (χ1v) is 8.51. The Kier molecular flexibility index (Phi) is 5.18. The molecule has 2 atom stereocenters. The molecule has 0 aliphatic carbocycles. The summed E-state index contributed by atoms with van der Waals surface area (Å²) in [5, 5.41) is 10.5. The third kappa shape index (κ3) is 4.27. The van der Waals surface area contributed by atoms with Crippen molar-refractivity contribution < 1.29 is 18.0 Å². The average molecular weight is 361 g/mol. The van der Waals surface area contributed by atoms with E-state index in [0.717, 1.165) is 17.3 Å². The molecule has 0 unspecified atom stereocenters. The third-order valence-electron chi connectivity index (χ3n) is 3.51. The number of rotatable bonds is 6. The highest BCUT2D eigenvalue weighted by atomic mass is 32.2. The van der Waals surface area contributed by atoms with Gasteiger partial charge in [0.2, 0.25) is 5.91 Å². The van der Waals surface area contributed by atoms with Gasteiger partial charge < -0.3 is 14.2 Å². The molecule has 8 heteroatoms. The van der Waals surface area contributed by atoms with Gasteiger partial charge in [-0.15, -0.1) is 10.2 Å². The van der Waals surface area contributed by atoms with E-state index < -0.39 is 5.25 Å². The highest BCUT2D eigenvalue weighted by Crippen LogP contribution is 2.26. The molecule has 3 aromatic rings. The van der Waals surface area contributed by atoms with Gasteiger partial charge in [-0.1, -0.05) is 23.9 Å². The highest BCUT2D eigenvalue weighted by Gasteiger charge is 2.21. The molecule has 2 heterocycles. The Balaban J connectivity index is 1.58. The van der Waals surface area contributed by atoms with Crippen LogP contribution in [0.2, 0.25) is 0 Å². The van der Waals surface area contributed by atoms with Gasteiger partial charge >= 0.3 is 0 Å². The Bertz CT molecular complexity index is 833. The molecule has 1 amide bonds. The number of aromatic nitrogens is 2. The molecule has 2 aromatic heterocycles. The summed E-state index contributed by atoms with van der Waals surface area (Å²) >= 11 is 1.16. The monoisotopic (exact) mass is 361 g/mol. The number of halogens is 1. The number of benzene rings is 1. The summed E-state index contributed by atoms with van der Waals surface area (Å²) in [7, 11) is 0. The van der Waals surface area contributed by atoms with Crippen molar-refractivity contribution in [2.45, 2.75) is 30.4 Å². The lowest BCUT2D eigenvalue weighted by Crippen LogP contribution is -2.33. The number of nitrogens with one attached hydrogen (secondary N) is 1. The van der Waals surface area contributed by atoms with E-state index in [0.29, 0.717) is 5.76 Å². The summed E-state index contributed by atoms with van der Waals surface area (Å²) in [6, 6.07) is 9.21. The van der Waals surface area contributed by atoms with E-state index in [2.05, 4.69) is 15.5 Å². The molecule has 0 spiro atoms. The molecular formula is C17H16FN3O3S. The minimum Gasteiger partial charge on any atom is -0.459 e. The van der Waals surface area contributed by atoms with E-state index in [1.165, 1.54) is 18.4 Å². The lowest BCUT2D eigenvalue weighted by molar-refractivity contribution is -0.120. The SMILES string of the molecule is C[C@H](Sc1nnc(-c2ccco2)o1)C(=O)N[C@@H](C)c1ccc(F)cc1. The molecule has 25 heavy (non-hydrogen) atoms. The topological polar surface area (TPSA) is 81.2 Å². The fourth-order valence-electron chi connectivity index (χ4n) is 2.13. The van der Waals surface area contributed by atoms with Crippen molar-refractivity contribution in [3.05, 3.63) is 54.0 Å². The van der Waals surface area contributed by atoms with E-state index in [4.69, 9.17) is 8.83 Å². The van der Waals surface area contributed by atoms with Crippen LogP contribution in [-0.2, 0) is 4.79 Å². The van der Waals surface area contributed by atoms with E-state index in [9.17, 15) is 9.18 Å². The number of carbonyl (C=O) groups is 1. The Morgan fingerprint density at radius 3 is 2.64 bits per heavy atom. The molecule has 1 aromatic carbocycles. The maximum absolute atomic E-state index is 13.0. The van der Waals surface area contributed by atoms with Crippen LogP contribution >= 0.6 is 11.8 Å². The first-order chi connectivity index (χ1) is 12.0. The minimum atomic E-state index is -0.437. The summed E-state index contributed by atoms with van der Waals surface area (Å²) in [5.74, 6) is 0.246. The average Bonchev–Trinajstić information content (AvgIpc) is 3.26. The second kappa shape index (κ2) is 7.52. The van der Waals surface area contributed by atoms with Crippen LogP contribution in [0.1, 0.15) is 25.5 Å². The van der Waals surface area contributed by atoms with Gasteiger partial charge in [0.05, 0.1) is 17.6 Å². The zero-order chi connectivity index (χ0) is 17.8. The highest BCUT2D eigenvalue weighted by molar-refractivity contribution is 8.00. The number of hydrogen-bond acceptors (Lipinski definition) is 6. The molecule has 130 valence electrons. The van der Waals surface area contributed by atoms with Crippen molar-refractivity contribution in [2.75, 3.05) is 0 Å². The van der Waals surface area contributed by atoms with Crippen molar-refractivity contribution >= 4 is 17.7 Å². The molecule has 0 bridgehead atoms. The second-order valence-corrected chi connectivity index (χ2v) is 6.68. The first kappa shape index (κ1) is 17.2. The van der Waals surface area contributed by atoms with Gasteiger partial charge in [-0.3, -0.25) is 4.79 Å². The smallest absolute Gasteiger partial charge is 0.284 e. The molecule has 6 nitrogen and oxygen atoms in total. The third-order valence-corrected chi connectivity index (χ3v) is 4.45. The summed E-state index contributed by atoms with van der Waals surface area (Å²) in [6.07, 6.45) is 1.51. The Labute approximate surface area is 147 Å². The van der Waals surface area contributed by atoms with Gasteiger partial charge in [-0.25, -0.2) is 4.39 Å². The molecule has 0 aliphatic heterocycles. The lowest BCUT2D eigenvalue weighted by Gasteiger charge is -2.16. The number of hydrogen-bond donors (Lipinski definition) is 1. The van der Waals surface area contributed by atoms with Crippen LogP contribution in [0.4, 0.5) is 4.39 Å². The molecule has 3 rings (SSSR count). The number of thioether (sulfide) groups is 1. The molecule has 0 saturated carbocycles. The maximum atomic E-state index is 13.0. The summed E-state index contributed by atoms with van der Waals surface area (Å²) in [6.45, 7) is 3.58. The number of carbonyl (C=O) groups excluding carboxylic acids is 1. The van der Waals surface area contributed by atoms with Crippen molar-refractivity contribution in [3.8, 4) is 11.7 Å². The van der Waals surface area contributed by atoms with Crippen LogP contribution < -0.4 is 5.32 Å². The molecule has 0 fully saturated rings. The van der Waals surface area contributed by atoms with Crippen molar-refractivity contribution in [1.82, 2.24) is 15.5 Å². The quantitative estimate of drug-likeness (QED) is 0.672. The van der Waals surface area contributed by atoms with E-state index in [-0.39, 0.29) is 28.9 Å². The van der Waals surface area contributed by atoms with Crippen LogP contribution in [0, 0.1) is 5.82 Å². The van der Waals surface area contributed by atoms with Crippen LogP contribution in [-0.4, -0.2) is 21.4 Å². The fourth-order valence-corrected chi connectivity index (χ4v) is 2.82. The van der Waals surface area contributed by atoms with Crippen LogP contribution in [0.5, 0.6) is 0 Å². The van der Waals surface area contributed by atoms with Crippen molar-refractivity contribution in [2.24, 2.45) is 0 Å². The number of nitrogens with zero attached hydrogens (tertiary/aromatic N) is 2. The van der Waals surface area contributed by atoms with Gasteiger partial charge in [0.1, 0.15) is 5.82 Å². The molecule has 0 aliphatic rings. The van der Waals surface area contributed by atoms with Crippen molar-refractivity contribution in [3.63, 3.8) is 0 Å². The zero-order valence-corrected chi connectivity index (χ0v) is 14.4. The number of amides is 1. The van der Waals surface area contributed by atoms with Crippen LogP contribution in [0.3, 0.4) is 0 Å². The number of furan rings is 1. The van der Waals surface area contributed by atoms with Crippen LogP contribution in [0.15, 0.2) is 56.7 Å². The standard InChI is InChI=1S/C17H16FN3O3S/c1-10(12-5-7-13(18)8-6-12)19-15(22)11(2)25-17-21-20-16(24-17)14-4-3-9-23-14/h3-11H,1-2H3,(H,19,22)/t10-,11-/m0/s1. The fraction of sp³-hybridized carbons (Fsp3) is 0.235. The molecule has 0 saturated heterocycles. The molecule has 1 N–H and O–H groups in total. The molecular weight excluding hydrogens is 345 g/mol. The van der Waals surface area contributed by atoms with Crippen molar-refractivity contribution in [1.29, 1.82) is 0 Å². The van der Waals surface area contributed by atoms with Gasteiger partial charge in [-0.2, -0.15) is 0 Å². The molecule has 0 radical (unpaired) electrons. The van der Waals surface area contributed by atoms with Gasteiger partial charge in [0, 0.05) is 0 Å². The minimum absolute atomic E-state index is 0.181.